The fraction of sp³-hybridized carbons (Fsp3) is 0.250. The molecular weight excluding hydrogens is 306 g/mol. The van der Waals surface area contributed by atoms with Gasteiger partial charge in [0.15, 0.2) is 0 Å². The summed E-state index contributed by atoms with van der Waals surface area (Å²) in [7, 11) is 1.70. The maximum Gasteiger partial charge on any atom is 0.406 e. The molecule has 3 aromatic rings. The van der Waals surface area contributed by atoms with Crippen LogP contribution in [0.4, 0.5) is 17.5 Å². The van der Waals surface area contributed by atoms with Gasteiger partial charge in [0.1, 0.15) is 17.0 Å². The van der Waals surface area contributed by atoms with Crippen molar-refractivity contribution in [2.45, 2.75) is 0 Å². The van der Waals surface area contributed by atoms with Gasteiger partial charge in [0.2, 0.25) is 12.1 Å². The second-order valence-corrected chi connectivity index (χ2v) is 5.39. The largest absolute Gasteiger partial charge is 0.406 e. The number of aromatic nitrogens is 4. The zero-order chi connectivity index (χ0) is 15.5. The molecule has 0 amide bonds. The molecule has 22 heavy (non-hydrogen) atoms. The van der Waals surface area contributed by atoms with E-state index in [-0.39, 0.29) is 5.82 Å². The second kappa shape index (κ2) is 5.93. The van der Waals surface area contributed by atoms with Crippen LogP contribution in [-0.4, -0.2) is 37.5 Å². The molecule has 0 unspecified atom stereocenters. The lowest BCUT2D eigenvalue weighted by atomic mass is 10.4. The normalized spacial score (nSPS) is 10.8. The molecule has 0 atom stereocenters. The Labute approximate surface area is 129 Å². The average molecular weight is 319 g/mol. The van der Waals surface area contributed by atoms with Crippen LogP contribution < -0.4 is 10.6 Å². The highest BCUT2D eigenvalue weighted by molar-refractivity contribution is 7.16. The zero-order valence-electron chi connectivity index (χ0n) is 11.7. The van der Waals surface area contributed by atoms with Crippen LogP contribution in [0.2, 0.25) is 0 Å². The molecule has 0 spiro atoms. The number of nitrogens with zero attached hydrogens (tertiary/aromatic N) is 5. The minimum absolute atomic E-state index is 0.176. The lowest BCUT2D eigenvalue weighted by Gasteiger charge is -2.08. The summed E-state index contributed by atoms with van der Waals surface area (Å²) in [6, 6.07) is 1.96. The van der Waals surface area contributed by atoms with Gasteiger partial charge in [-0.3, -0.25) is 4.57 Å². The van der Waals surface area contributed by atoms with E-state index in [1.807, 2.05) is 11.4 Å². The predicted octanol–water partition coefficient (Wildman–Crippen LogP) is 1.86. The quantitative estimate of drug-likeness (QED) is 0.405. The summed E-state index contributed by atoms with van der Waals surface area (Å²) in [6.45, 7) is 1.06. The number of fused-ring (bicyclic) bond motifs is 1. The maximum atomic E-state index is 10.9. The standard InChI is InChI=1S/C12H13N7O2S/c1-18-7-17-11(19(20)21)10(18)14-4-3-13-9-8-2-5-22-12(8)16-6-15-9/h2,5-7,14H,3-4H2,1H3,(H,13,15,16). The summed E-state index contributed by atoms with van der Waals surface area (Å²) in [4.78, 5) is 23.4. The zero-order valence-corrected chi connectivity index (χ0v) is 12.5. The Morgan fingerprint density at radius 3 is 2.95 bits per heavy atom. The molecule has 0 fully saturated rings. The van der Waals surface area contributed by atoms with Gasteiger partial charge < -0.3 is 20.7 Å². The summed E-state index contributed by atoms with van der Waals surface area (Å²) in [5, 5.41) is 20.0. The highest BCUT2D eigenvalue weighted by atomic mass is 32.1. The van der Waals surface area contributed by atoms with Gasteiger partial charge in [-0.2, -0.15) is 0 Å². The SMILES string of the molecule is Cn1cnc([N+](=O)[O-])c1NCCNc1ncnc2sccc12. The van der Waals surface area contributed by atoms with Gasteiger partial charge in [-0.05, 0) is 21.4 Å². The van der Waals surface area contributed by atoms with Gasteiger partial charge in [0, 0.05) is 20.1 Å². The van der Waals surface area contributed by atoms with Crippen LogP contribution in [0.25, 0.3) is 10.2 Å². The van der Waals surface area contributed by atoms with E-state index in [1.54, 1.807) is 23.0 Å². The summed E-state index contributed by atoms with van der Waals surface area (Å²) < 4.78 is 1.58. The number of nitrogens with one attached hydrogen (secondary N) is 2. The van der Waals surface area contributed by atoms with Gasteiger partial charge in [-0.15, -0.1) is 11.3 Å². The molecule has 0 aliphatic carbocycles. The number of hydrogen-bond donors (Lipinski definition) is 2. The lowest BCUT2D eigenvalue weighted by molar-refractivity contribution is -0.388. The first-order valence-electron chi connectivity index (χ1n) is 6.48. The number of anilines is 2. The minimum atomic E-state index is -0.505. The molecule has 0 radical (unpaired) electrons. The molecule has 3 rings (SSSR count). The van der Waals surface area contributed by atoms with Crippen molar-refractivity contribution in [3.05, 3.63) is 34.2 Å². The Morgan fingerprint density at radius 2 is 2.14 bits per heavy atom. The number of imidazole rings is 1. The third-order valence-corrected chi connectivity index (χ3v) is 3.88. The van der Waals surface area contributed by atoms with Gasteiger partial charge in [0.05, 0.1) is 5.39 Å². The third kappa shape index (κ3) is 2.68. The molecule has 3 heterocycles. The van der Waals surface area contributed by atoms with E-state index in [2.05, 4.69) is 25.6 Å². The van der Waals surface area contributed by atoms with E-state index < -0.39 is 4.92 Å². The average Bonchev–Trinajstić information content (AvgIpc) is 3.10. The van der Waals surface area contributed by atoms with Crippen molar-refractivity contribution in [2.24, 2.45) is 7.05 Å². The Bertz CT molecular complexity index is 813. The van der Waals surface area contributed by atoms with Crippen molar-refractivity contribution in [1.29, 1.82) is 0 Å². The molecule has 0 saturated carbocycles. The molecule has 0 aromatic carbocycles. The van der Waals surface area contributed by atoms with E-state index in [0.717, 1.165) is 16.0 Å². The van der Waals surface area contributed by atoms with Gasteiger partial charge >= 0.3 is 5.82 Å². The van der Waals surface area contributed by atoms with Crippen LogP contribution >= 0.6 is 11.3 Å². The van der Waals surface area contributed by atoms with Crippen LogP contribution in [0.5, 0.6) is 0 Å². The molecule has 0 aliphatic rings. The van der Waals surface area contributed by atoms with Crippen molar-refractivity contribution in [3.8, 4) is 0 Å². The van der Waals surface area contributed by atoms with Crippen molar-refractivity contribution in [2.75, 3.05) is 23.7 Å². The van der Waals surface area contributed by atoms with Crippen LogP contribution in [-0.2, 0) is 7.05 Å². The predicted molar refractivity (Wildman–Crippen MR) is 84.3 cm³/mol. The maximum absolute atomic E-state index is 10.9. The number of hydrogen-bond acceptors (Lipinski definition) is 8. The van der Waals surface area contributed by atoms with Crippen LogP contribution in [0.15, 0.2) is 24.1 Å². The van der Waals surface area contributed by atoms with Gasteiger partial charge in [-0.1, -0.05) is 0 Å². The molecule has 0 saturated heterocycles. The van der Waals surface area contributed by atoms with E-state index in [0.29, 0.717) is 18.9 Å². The summed E-state index contributed by atoms with van der Waals surface area (Å²) in [5.74, 6) is 0.965. The van der Waals surface area contributed by atoms with Crippen molar-refractivity contribution in [3.63, 3.8) is 0 Å². The third-order valence-electron chi connectivity index (χ3n) is 3.06. The molecule has 2 N–H and O–H groups in total. The first-order valence-corrected chi connectivity index (χ1v) is 7.36. The van der Waals surface area contributed by atoms with Crippen molar-refractivity contribution >= 4 is 39.0 Å². The van der Waals surface area contributed by atoms with E-state index in [1.165, 1.54) is 12.7 Å². The smallest absolute Gasteiger partial charge is 0.368 e. The Hall–Kier alpha value is -2.75. The van der Waals surface area contributed by atoms with E-state index in [9.17, 15) is 10.1 Å². The number of aryl methyl sites for hydroxylation is 1. The molecule has 10 heteroatoms. The summed E-state index contributed by atoms with van der Waals surface area (Å²) in [6.07, 6.45) is 2.92. The van der Waals surface area contributed by atoms with Crippen molar-refractivity contribution in [1.82, 2.24) is 19.5 Å². The fourth-order valence-corrected chi connectivity index (χ4v) is 2.78. The second-order valence-electron chi connectivity index (χ2n) is 4.50. The monoisotopic (exact) mass is 319 g/mol. The first kappa shape index (κ1) is 14.2. The van der Waals surface area contributed by atoms with Crippen LogP contribution in [0, 0.1) is 10.1 Å². The Kier molecular flexibility index (Phi) is 3.83. The fourth-order valence-electron chi connectivity index (χ4n) is 2.05. The lowest BCUT2D eigenvalue weighted by Crippen LogP contribution is -2.16. The molecule has 114 valence electrons. The molecule has 9 nitrogen and oxygen atoms in total. The highest BCUT2D eigenvalue weighted by Gasteiger charge is 2.19. The highest BCUT2D eigenvalue weighted by Crippen LogP contribution is 2.23. The number of nitro groups is 1. The molecule has 3 aromatic heterocycles. The first-order chi connectivity index (χ1) is 10.7. The topological polar surface area (TPSA) is 111 Å². The van der Waals surface area contributed by atoms with Crippen LogP contribution in [0.1, 0.15) is 0 Å². The molecular formula is C12H13N7O2S. The minimum Gasteiger partial charge on any atom is -0.368 e. The summed E-state index contributed by atoms with van der Waals surface area (Å²) in [5.41, 5.74) is 0. The van der Waals surface area contributed by atoms with Crippen molar-refractivity contribution < 1.29 is 4.92 Å². The van der Waals surface area contributed by atoms with E-state index in [4.69, 9.17) is 0 Å². The number of thiophene rings is 1. The Balaban J connectivity index is 1.61. The molecule has 0 bridgehead atoms. The summed E-state index contributed by atoms with van der Waals surface area (Å²) >= 11 is 1.55. The molecule has 0 aliphatic heterocycles. The van der Waals surface area contributed by atoms with Gasteiger partial charge in [-0.25, -0.2) is 9.97 Å². The van der Waals surface area contributed by atoms with E-state index >= 15 is 0 Å². The van der Waals surface area contributed by atoms with Crippen LogP contribution in [0.3, 0.4) is 0 Å². The number of rotatable bonds is 6. The Morgan fingerprint density at radius 1 is 1.32 bits per heavy atom. The van der Waals surface area contributed by atoms with Gasteiger partial charge in [0.25, 0.3) is 0 Å².